The molecule has 0 N–H and O–H groups in total. The van der Waals surface area contributed by atoms with Crippen LogP contribution in [0.3, 0.4) is 0 Å². The second kappa shape index (κ2) is 9.13. The molecule has 186 valence electrons. The van der Waals surface area contributed by atoms with E-state index in [-0.39, 0.29) is 23.7 Å². The average molecular weight is 494 g/mol. The first-order valence-electron chi connectivity index (χ1n) is 12.3. The first-order chi connectivity index (χ1) is 18.0. The summed E-state index contributed by atoms with van der Waals surface area (Å²) in [7, 11) is 1.67. The molecule has 0 spiro atoms. The normalized spacial score (nSPS) is 15.1. The van der Waals surface area contributed by atoms with E-state index in [2.05, 4.69) is 11.8 Å². The largest absolute Gasteiger partial charge is 0.457 e. The van der Waals surface area contributed by atoms with Gasteiger partial charge in [0.05, 0.1) is 6.54 Å². The number of aromatic nitrogens is 4. The van der Waals surface area contributed by atoms with Gasteiger partial charge in [0.2, 0.25) is 5.95 Å². The van der Waals surface area contributed by atoms with Crippen LogP contribution in [0.4, 0.5) is 11.6 Å². The average Bonchev–Trinajstić information content (AvgIpc) is 3.31. The van der Waals surface area contributed by atoms with Crippen molar-refractivity contribution in [1.29, 1.82) is 0 Å². The van der Waals surface area contributed by atoms with Crippen LogP contribution >= 0.6 is 0 Å². The monoisotopic (exact) mass is 493 g/mol. The molecule has 1 unspecified atom stereocenters. The van der Waals surface area contributed by atoms with Crippen LogP contribution in [0.1, 0.15) is 12.5 Å². The van der Waals surface area contributed by atoms with Crippen molar-refractivity contribution < 1.29 is 4.74 Å². The highest BCUT2D eigenvalue weighted by Crippen LogP contribution is 2.34. The van der Waals surface area contributed by atoms with Crippen LogP contribution in [0.5, 0.6) is 11.5 Å². The summed E-state index contributed by atoms with van der Waals surface area (Å²) in [6, 6.07) is 27.0. The molecule has 1 aliphatic heterocycles. The number of fused-ring (bicyclic) bond motifs is 3. The summed E-state index contributed by atoms with van der Waals surface area (Å²) in [6.45, 7) is 3.76. The molecule has 3 heterocycles. The third kappa shape index (κ3) is 4.10. The second-order valence-electron chi connectivity index (χ2n) is 9.54. The van der Waals surface area contributed by atoms with Gasteiger partial charge in [-0.25, -0.2) is 4.79 Å². The van der Waals surface area contributed by atoms with Gasteiger partial charge in [-0.15, -0.1) is 0 Å². The number of hydrogen-bond acceptors (Lipinski definition) is 5. The predicted molar refractivity (Wildman–Crippen MR) is 144 cm³/mol. The Morgan fingerprint density at radius 3 is 2.22 bits per heavy atom. The molecule has 0 radical (unpaired) electrons. The van der Waals surface area contributed by atoms with Crippen molar-refractivity contribution in [2.24, 2.45) is 13.0 Å². The van der Waals surface area contributed by atoms with E-state index < -0.39 is 0 Å². The van der Waals surface area contributed by atoms with E-state index in [1.54, 1.807) is 7.05 Å². The van der Waals surface area contributed by atoms with Crippen molar-refractivity contribution >= 4 is 22.8 Å². The van der Waals surface area contributed by atoms with Crippen LogP contribution in [-0.2, 0) is 20.1 Å². The Morgan fingerprint density at radius 1 is 0.865 bits per heavy atom. The number of aryl methyl sites for hydroxylation is 1. The Balaban J connectivity index is 1.42. The maximum atomic E-state index is 13.7. The van der Waals surface area contributed by atoms with E-state index in [9.17, 15) is 9.59 Å². The molecular weight excluding hydrogens is 466 g/mol. The zero-order valence-corrected chi connectivity index (χ0v) is 20.7. The summed E-state index contributed by atoms with van der Waals surface area (Å²) in [5, 5.41) is 0. The molecule has 0 amide bonds. The summed E-state index contributed by atoms with van der Waals surface area (Å²) in [5.41, 5.74) is 2.00. The molecule has 0 aliphatic carbocycles. The highest BCUT2D eigenvalue weighted by atomic mass is 16.5. The fraction of sp³-hybridized carbons (Fsp3) is 0.207. The van der Waals surface area contributed by atoms with Gasteiger partial charge in [-0.2, -0.15) is 4.98 Å². The molecule has 0 bridgehead atoms. The van der Waals surface area contributed by atoms with E-state index in [4.69, 9.17) is 9.72 Å². The topological polar surface area (TPSA) is 74.3 Å². The Labute approximate surface area is 213 Å². The van der Waals surface area contributed by atoms with E-state index in [0.717, 1.165) is 29.3 Å². The van der Waals surface area contributed by atoms with Crippen LogP contribution in [0, 0.1) is 5.92 Å². The Morgan fingerprint density at radius 2 is 1.51 bits per heavy atom. The van der Waals surface area contributed by atoms with Crippen LogP contribution in [0.15, 0.2) is 94.5 Å². The lowest BCUT2D eigenvalue weighted by Gasteiger charge is -2.33. The standard InChI is InChI=1S/C29H27N5O3/c1-20-17-32(22-13-15-24(16-14-22)37-23-11-7-4-8-12-23)28-30-26-25(33(28)18-20)27(35)34(29(36)31(26)2)19-21-9-5-3-6-10-21/h3-16,20H,17-19H2,1-2H3. The zero-order chi connectivity index (χ0) is 25.5. The Bertz CT molecular complexity index is 1690. The summed E-state index contributed by atoms with van der Waals surface area (Å²) in [6.07, 6.45) is 0. The lowest BCUT2D eigenvalue weighted by Crippen LogP contribution is -2.40. The van der Waals surface area contributed by atoms with Crippen LogP contribution < -0.4 is 20.9 Å². The Hall–Kier alpha value is -4.59. The van der Waals surface area contributed by atoms with E-state index >= 15 is 0 Å². The minimum absolute atomic E-state index is 0.213. The van der Waals surface area contributed by atoms with Gasteiger partial charge in [0.1, 0.15) is 11.5 Å². The molecule has 2 aromatic heterocycles. The summed E-state index contributed by atoms with van der Waals surface area (Å²) >= 11 is 0. The molecule has 8 nitrogen and oxygen atoms in total. The number of benzene rings is 3. The fourth-order valence-electron chi connectivity index (χ4n) is 4.95. The maximum Gasteiger partial charge on any atom is 0.332 e. The van der Waals surface area contributed by atoms with Gasteiger partial charge < -0.3 is 14.2 Å². The molecule has 5 aromatic rings. The third-order valence-corrected chi connectivity index (χ3v) is 6.75. The molecule has 0 saturated carbocycles. The highest BCUT2D eigenvalue weighted by molar-refractivity contribution is 5.77. The number of rotatable bonds is 5. The number of hydrogen-bond donors (Lipinski definition) is 0. The summed E-state index contributed by atoms with van der Waals surface area (Å²) in [5.74, 6) is 2.44. The Kier molecular flexibility index (Phi) is 5.64. The first-order valence-corrected chi connectivity index (χ1v) is 12.3. The molecule has 6 rings (SSSR count). The molecular formula is C29H27N5O3. The molecule has 0 saturated heterocycles. The van der Waals surface area contributed by atoms with Crippen molar-refractivity contribution in [2.45, 2.75) is 20.0 Å². The molecule has 1 aliphatic rings. The fourth-order valence-corrected chi connectivity index (χ4v) is 4.95. The third-order valence-electron chi connectivity index (χ3n) is 6.75. The van der Waals surface area contributed by atoms with Crippen molar-refractivity contribution in [3.8, 4) is 11.5 Å². The maximum absolute atomic E-state index is 13.7. The highest BCUT2D eigenvalue weighted by Gasteiger charge is 2.30. The first kappa shape index (κ1) is 22.8. The molecule has 3 aromatic carbocycles. The number of anilines is 2. The number of para-hydroxylation sites is 1. The number of imidazole rings is 1. The molecule has 37 heavy (non-hydrogen) atoms. The van der Waals surface area contributed by atoms with Crippen molar-refractivity contribution in [2.75, 3.05) is 11.4 Å². The van der Waals surface area contributed by atoms with Gasteiger partial charge in [-0.1, -0.05) is 55.5 Å². The van der Waals surface area contributed by atoms with Gasteiger partial charge in [-0.05, 0) is 47.9 Å². The zero-order valence-electron chi connectivity index (χ0n) is 20.7. The van der Waals surface area contributed by atoms with Crippen LogP contribution in [0.2, 0.25) is 0 Å². The molecule has 1 atom stereocenters. The van der Waals surface area contributed by atoms with Crippen molar-refractivity contribution in [1.82, 2.24) is 18.7 Å². The lowest BCUT2D eigenvalue weighted by molar-refractivity contribution is 0.457. The van der Waals surface area contributed by atoms with Crippen LogP contribution in [-0.4, -0.2) is 25.2 Å². The quantitative estimate of drug-likeness (QED) is 0.360. The smallest absolute Gasteiger partial charge is 0.332 e. The van der Waals surface area contributed by atoms with Crippen molar-refractivity contribution in [3.63, 3.8) is 0 Å². The molecule has 8 heteroatoms. The minimum Gasteiger partial charge on any atom is -0.457 e. The van der Waals surface area contributed by atoms with Gasteiger partial charge in [0, 0.05) is 25.8 Å². The summed E-state index contributed by atoms with van der Waals surface area (Å²) in [4.78, 5) is 33.7. The molecule has 0 fully saturated rings. The van der Waals surface area contributed by atoms with Gasteiger partial charge in [0.25, 0.3) is 5.56 Å². The second-order valence-corrected chi connectivity index (χ2v) is 9.54. The van der Waals surface area contributed by atoms with Gasteiger partial charge >= 0.3 is 5.69 Å². The number of nitrogens with zero attached hydrogens (tertiary/aromatic N) is 5. The summed E-state index contributed by atoms with van der Waals surface area (Å²) < 4.78 is 10.7. The van der Waals surface area contributed by atoms with Crippen LogP contribution in [0.25, 0.3) is 11.2 Å². The van der Waals surface area contributed by atoms with E-state index in [0.29, 0.717) is 23.7 Å². The van der Waals surface area contributed by atoms with E-state index in [1.807, 2.05) is 89.5 Å². The van der Waals surface area contributed by atoms with E-state index in [1.165, 1.54) is 9.13 Å². The lowest BCUT2D eigenvalue weighted by atomic mass is 10.1. The minimum atomic E-state index is -0.376. The number of ether oxygens (including phenoxy) is 1. The predicted octanol–water partition coefficient (Wildman–Crippen LogP) is 4.53. The van der Waals surface area contributed by atoms with Gasteiger partial charge in [0.15, 0.2) is 11.2 Å². The SMILES string of the molecule is CC1CN(c2ccc(Oc3ccccc3)cc2)c2nc3c(c(=O)n(Cc4ccccc4)c(=O)n3C)n2C1. The van der Waals surface area contributed by atoms with Crippen molar-refractivity contribution in [3.05, 3.63) is 111 Å². The van der Waals surface area contributed by atoms with Gasteiger partial charge in [-0.3, -0.25) is 13.9 Å².